The third kappa shape index (κ3) is 18.3. The van der Waals surface area contributed by atoms with Gasteiger partial charge in [-0.15, -0.1) is 0 Å². The number of phenols is 7. The molecule has 0 fully saturated rings. The third-order valence-corrected chi connectivity index (χ3v) is 28.2. The molecule has 0 atom stereocenters. The summed E-state index contributed by atoms with van der Waals surface area (Å²) in [5.74, 6) is 1.05. The molecule has 0 unspecified atom stereocenters. The Morgan fingerprint density at radius 1 is 0.120 bits per heavy atom. The van der Waals surface area contributed by atoms with Crippen LogP contribution in [0.5, 0.6) is 40.2 Å². The number of benzene rings is 26. The van der Waals surface area contributed by atoms with Crippen LogP contribution in [0, 0.1) is 0 Å². The number of phenolic OH excluding ortho intramolecular Hbond substituents is 7. The van der Waals surface area contributed by atoms with Gasteiger partial charge in [-0.3, -0.25) is 0 Å². The molecule has 0 amide bonds. The molecule has 0 bridgehead atoms. The fourth-order valence-corrected chi connectivity index (χ4v) is 21.3. The molecule has 7 heteroatoms. The Hall–Kier alpha value is -18.0. The van der Waals surface area contributed by atoms with Crippen LogP contribution in [0.1, 0.15) is 77.9 Å². The smallest absolute Gasteiger partial charge is 0.126 e. The summed E-state index contributed by atoms with van der Waals surface area (Å²) in [5.41, 5.74) is 15.5. The number of para-hydroxylation sites is 2. The molecular weight excluding hydrogens is 1730 g/mol. The lowest BCUT2D eigenvalue weighted by Gasteiger charge is -2.16. The number of rotatable bonds is 14. The van der Waals surface area contributed by atoms with Crippen molar-refractivity contribution in [2.75, 3.05) is 0 Å². The number of fused-ring (bicyclic) bond motifs is 14. The summed E-state index contributed by atoms with van der Waals surface area (Å²) in [4.78, 5) is 0. The first-order valence-electron chi connectivity index (χ1n) is 48.4. The van der Waals surface area contributed by atoms with Crippen molar-refractivity contribution in [2.24, 2.45) is 0 Å². The first-order chi connectivity index (χ1) is 69.8. The minimum atomic E-state index is -0.156. The van der Waals surface area contributed by atoms with Crippen molar-refractivity contribution in [1.82, 2.24) is 0 Å². The van der Waals surface area contributed by atoms with Gasteiger partial charge >= 0.3 is 0 Å². The summed E-state index contributed by atoms with van der Waals surface area (Å²) in [6.45, 7) is 0. The molecule has 7 nitrogen and oxygen atoms in total. The van der Waals surface area contributed by atoms with Crippen LogP contribution in [-0.4, -0.2) is 35.7 Å². The highest BCUT2D eigenvalue weighted by molar-refractivity contribution is 6.09. The Bertz CT molecular complexity index is 8620. The minimum Gasteiger partial charge on any atom is -0.508 e. The third-order valence-electron chi connectivity index (χ3n) is 28.2. The lowest BCUT2D eigenvalue weighted by Crippen LogP contribution is -1.97. The van der Waals surface area contributed by atoms with E-state index in [9.17, 15) is 35.7 Å². The molecule has 0 spiro atoms. The van der Waals surface area contributed by atoms with Crippen molar-refractivity contribution >= 4 is 151 Å². The average Bonchev–Trinajstić information content (AvgIpc) is 0.791. The average molecular weight is 1830 g/mol. The molecule has 0 saturated carbocycles. The van der Waals surface area contributed by atoms with E-state index in [1.54, 1.807) is 18.2 Å². The predicted octanol–water partition coefficient (Wildman–Crippen LogP) is 33.7. The molecule has 0 heterocycles. The van der Waals surface area contributed by atoms with E-state index in [2.05, 4.69) is 376 Å². The van der Waals surface area contributed by atoms with Crippen molar-refractivity contribution in [3.63, 3.8) is 0 Å². The molecule has 7 N–H and O–H groups in total. The van der Waals surface area contributed by atoms with Gasteiger partial charge in [0.05, 0.1) is 0 Å². The van der Waals surface area contributed by atoms with E-state index in [1.807, 2.05) is 72.8 Å². The molecular formula is C135H100O7. The molecule has 0 radical (unpaired) electrons. The molecule has 26 rings (SSSR count). The maximum Gasteiger partial charge on any atom is 0.126 e. The van der Waals surface area contributed by atoms with E-state index in [-0.39, 0.29) is 17.2 Å². The van der Waals surface area contributed by atoms with Crippen molar-refractivity contribution in [1.29, 1.82) is 0 Å². The van der Waals surface area contributed by atoms with Gasteiger partial charge in [-0.1, -0.05) is 400 Å². The van der Waals surface area contributed by atoms with Crippen molar-refractivity contribution < 1.29 is 35.7 Å². The zero-order valence-corrected chi connectivity index (χ0v) is 78.2. The van der Waals surface area contributed by atoms with Crippen LogP contribution in [0.2, 0.25) is 0 Å². The second kappa shape index (κ2) is 39.6. The zero-order chi connectivity index (χ0) is 96.1. The SMILES string of the molecule is Oc1c(Cc2c3ccccc3cc3ccccc23)cccc1Cc1c2ccccc2cc2ccccc12.Oc1cc(O)c(Cc2c3ccccc3cc3ccccc23)c(O)c1.Oc1ccc(Cc2c3ccccc3cc3ccccc23)cc1.Oc1ccc(Cc2c3ccccc3cc3ccccc23)cc1Cc1c2ccccc2cc2ccccc12.Oc1ccccc1Cc1c2ccccc2cc2ccccc12. The fraction of sp³-hybridized carbons (Fsp3) is 0.0519. The van der Waals surface area contributed by atoms with Crippen LogP contribution >= 0.6 is 0 Å². The van der Waals surface area contributed by atoms with Crippen molar-refractivity contribution in [3.8, 4) is 40.2 Å². The van der Waals surface area contributed by atoms with Crippen LogP contribution in [0.3, 0.4) is 0 Å². The highest BCUT2D eigenvalue weighted by Gasteiger charge is 2.22. The van der Waals surface area contributed by atoms with Gasteiger partial charge in [0.2, 0.25) is 0 Å². The van der Waals surface area contributed by atoms with Gasteiger partial charge in [-0.2, -0.15) is 0 Å². The summed E-state index contributed by atoms with van der Waals surface area (Å²) in [5, 5.41) is 106. The Morgan fingerprint density at radius 2 is 0.324 bits per heavy atom. The van der Waals surface area contributed by atoms with Crippen LogP contribution in [0.15, 0.2) is 479 Å². The number of hydrogen-bond acceptors (Lipinski definition) is 7. The quantitative estimate of drug-likeness (QED) is 0.0538. The molecule has 0 aliphatic rings. The van der Waals surface area contributed by atoms with Crippen LogP contribution in [-0.2, 0) is 44.9 Å². The Kier molecular flexibility index (Phi) is 24.9. The second-order valence-corrected chi connectivity index (χ2v) is 37.0. The van der Waals surface area contributed by atoms with Crippen LogP contribution < -0.4 is 0 Å². The van der Waals surface area contributed by atoms with Crippen LogP contribution in [0.4, 0.5) is 0 Å². The van der Waals surface area contributed by atoms with E-state index < -0.39 is 0 Å². The predicted molar refractivity (Wildman–Crippen MR) is 594 cm³/mol. The molecule has 682 valence electrons. The summed E-state index contributed by atoms with van der Waals surface area (Å²) >= 11 is 0. The number of hydrogen-bond donors (Lipinski definition) is 7. The summed E-state index contributed by atoms with van der Waals surface area (Å²) in [7, 11) is 0. The van der Waals surface area contributed by atoms with E-state index in [0.717, 1.165) is 68.6 Å². The Balaban J connectivity index is 0.000000104. The molecule has 0 aromatic heterocycles. The Morgan fingerprint density at radius 3 is 0.599 bits per heavy atom. The van der Waals surface area contributed by atoms with Gasteiger partial charge in [-0.25, -0.2) is 0 Å². The first kappa shape index (κ1) is 89.2. The van der Waals surface area contributed by atoms with E-state index in [1.165, 1.54) is 186 Å². The van der Waals surface area contributed by atoms with Gasteiger partial charge < -0.3 is 35.7 Å². The van der Waals surface area contributed by atoms with Crippen LogP contribution in [0.25, 0.3) is 151 Å². The normalized spacial score (nSPS) is 11.4. The second-order valence-electron chi connectivity index (χ2n) is 37.0. The highest BCUT2D eigenvalue weighted by Crippen LogP contribution is 2.44. The van der Waals surface area contributed by atoms with Gasteiger partial charge in [0.1, 0.15) is 40.2 Å². The lowest BCUT2D eigenvalue weighted by atomic mass is 9.89. The molecule has 0 saturated heterocycles. The van der Waals surface area contributed by atoms with Crippen molar-refractivity contribution in [2.45, 2.75) is 44.9 Å². The highest BCUT2D eigenvalue weighted by atomic mass is 16.3. The maximum absolute atomic E-state index is 11.6. The van der Waals surface area contributed by atoms with E-state index >= 15 is 0 Å². The summed E-state index contributed by atoms with van der Waals surface area (Å²) < 4.78 is 0. The monoisotopic (exact) mass is 1830 g/mol. The molecule has 26 aromatic rings. The van der Waals surface area contributed by atoms with Gasteiger partial charge in [0.25, 0.3) is 0 Å². The van der Waals surface area contributed by atoms with Gasteiger partial charge in [0, 0.05) is 49.8 Å². The molecule has 0 aliphatic carbocycles. The zero-order valence-electron chi connectivity index (χ0n) is 78.2. The summed E-state index contributed by atoms with van der Waals surface area (Å²) in [6.07, 6.45) is 4.81. The van der Waals surface area contributed by atoms with Gasteiger partial charge in [0.15, 0.2) is 0 Å². The van der Waals surface area contributed by atoms with E-state index in [0.29, 0.717) is 54.2 Å². The van der Waals surface area contributed by atoms with Gasteiger partial charge in [-0.05, 0) is 303 Å². The topological polar surface area (TPSA) is 142 Å². The lowest BCUT2D eigenvalue weighted by molar-refractivity contribution is 0.420. The maximum atomic E-state index is 11.6. The molecule has 142 heavy (non-hydrogen) atoms. The molecule has 26 aromatic carbocycles. The summed E-state index contributed by atoms with van der Waals surface area (Å²) in [6, 6.07) is 164. The van der Waals surface area contributed by atoms with E-state index in [4.69, 9.17) is 0 Å². The Labute approximate surface area is 823 Å². The number of aromatic hydroxyl groups is 7. The largest absolute Gasteiger partial charge is 0.508 e. The minimum absolute atomic E-state index is 0.107. The standard InChI is InChI=1S/2C36H26O.C21H16O3.2C21H16O/c37-36-28(22-34-30-16-5-1-10-24(30)20-25-11-2-6-17-31(25)34)14-9-15-29(36)23-35-32-18-7-3-12-26(32)21-27-13-4-8-19-33(27)35;37-36-18-17-24(20-34-30-13-5-1-9-25(30)21-26-10-2-6-14-31(26)34)19-29(36)23-35-32-15-7-3-11-27(32)22-28-12-4-8-16-33(28)35;22-15-10-20(23)19(21(24)11-15)12-18-16-7-3-1-5-13(16)9-14-6-2-4-8-17(14)18;22-21-12-6-3-9-17(21)14-20-18-10-4-1-7-15(18)13-16-8-2-5-11-19(16)20;22-18-11-9-15(10-12-18)13-21-19-7-3-1-5-16(19)14-17-6-2-4-8-20(17)21/h1-21,37H,22-23H2;1-19,21-22,37H,20,23H2;1-11,22-24H,12H2;1-13,22H,14H2;1-12,14,22H,13H2. The molecule has 0 aliphatic heterocycles. The first-order valence-corrected chi connectivity index (χ1v) is 48.4. The fourth-order valence-electron chi connectivity index (χ4n) is 21.3. The van der Waals surface area contributed by atoms with Crippen molar-refractivity contribution in [3.05, 3.63) is 557 Å².